The predicted octanol–water partition coefficient (Wildman–Crippen LogP) is 4.53. The number of nitro benzene ring substituents is 1. The van der Waals surface area contributed by atoms with Crippen molar-refractivity contribution in [2.45, 2.75) is 13.8 Å². The van der Waals surface area contributed by atoms with Crippen molar-refractivity contribution in [2.75, 3.05) is 12.4 Å². The number of anilines is 1. The van der Waals surface area contributed by atoms with E-state index in [0.29, 0.717) is 5.69 Å². The van der Waals surface area contributed by atoms with Gasteiger partial charge in [-0.05, 0) is 60.9 Å². The van der Waals surface area contributed by atoms with Gasteiger partial charge in [-0.3, -0.25) is 14.9 Å². The van der Waals surface area contributed by atoms with E-state index in [1.54, 1.807) is 13.2 Å². The van der Waals surface area contributed by atoms with Crippen LogP contribution in [0.1, 0.15) is 16.7 Å². The number of methoxy groups -OCH3 is 1. The maximum Gasteiger partial charge on any atom is 0.289 e. The van der Waals surface area contributed by atoms with Gasteiger partial charge in [0.05, 0.1) is 12.0 Å². The van der Waals surface area contributed by atoms with E-state index < -0.39 is 10.8 Å². The van der Waals surface area contributed by atoms with Crippen LogP contribution in [0, 0.1) is 24.0 Å². The summed E-state index contributed by atoms with van der Waals surface area (Å²) in [5.41, 5.74) is 2.91. The molecule has 0 aliphatic carbocycles. The van der Waals surface area contributed by atoms with Gasteiger partial charge in [0.15, 0.2) is 0 Å². The molecule has 0 fully saturated rings. The maximum absolute atomic E-state index is 12.1. The Bertz CT molecular complexity index is 839. The number of nitrogens with zero attached hydrogens (tertiary/aromatic N) is 1. The molecule has 0 aliphatic rings. The van der Waals surface area contributed by atoms with Crippen LogP contribution in [0.15, 0.2) is 36.4 Å². The number of ether oxygens (including phenoxy) is 1. The minimum atomic E-state index is -0.599. The van der Waals surface area contributed by atoms with Crippen molar-refractivity contribution in [3.05, 3.63) is 68.2 Å². The van der Waals surface area contributed by atoms with E-state index in [4.69, 9.17) is 16.3 Å². The van der Waals surface area contributed by atoms with Crippen molar-refractivity contribution in [2.24, 2.45) is 0 Å². The smallest absolute Gasteiger partial charge is 0.289 e. The van der Waals surface area contributed by atoms with Crippen LogP contribution in [-0.4, -0.2) is 17.9 Å². The summed E-state index contributed by atoms with van der Waals surface area (Å²) in [7, 11) is 1.60. The molecule has 0 spiro atoms. The minimum Gasteiger partial charge on any atom is -0.497 e. The normalized spacial score (nSPS) is 10.7. The number of rotatable bonds is 5. The molecule has 0 heterocycles. The van der Waals surface area contributed by atoms with Gasteiger partial charge in [-0.1, -0.05) is 11.6 Å². The first-order chi connectivity index (χ1) is 11.8. The Hall–Kier alpha value is -2.86. The van der Waals surface area contributed by atoms with E-state index in [9.17, 15) is 14.9 Å². The van der Waals surface area contributed by atoms with Crippen LogP contribution in [0.4, 0.5) is 11.4 Å². The lowest BCUT2D eigenvalue weighted by Gasteiger charge is -2.09. The highest BCUT2D eigenvalue weighted by molar-refractivity contribution is 6.32. The van der Waals surface area contributed by atoms with Gasteiger partial charge in [0.2, 0.25) is 5.91 Å². The topological polar surface area (TPSA) is 81.5 Å². The van der Waals surface area contributed by atoms with Crippen molar-refractivity contribution in [3.8, 4) is 5.75 Å². The average Bonchev–Trinajstić information content (AvgIpc) is 2.55. The van der Waals surface area contributed by atoms with E-state index in [-0.39, 0.29) is 10.7 Å². The molecule has 0 atom stereocenters. The number of carbonyl (C=O) groups is 1. The number of carbonyl (C=O) groups excluding carboxylic acids is 1. The Morgan fingerprint density at radius 3 is 2.44 bits per heavy atom. The number of hydrogen-bond acceptors (Lipinski definition) is 4. The quantitative estimate of drug-likeness (QED) is 0.482. The third-order valence-corrected chi connectivity index (χ3v) is 3.93. The van der Waals surface area contributed by atoms with Crippen molar-refractivity contribution in [3.63, 3.8) is 0 Å². The summed E-state index contributed by atoms with van der Waals surface area (Å²) < 4.78 is 5.21. The van der Waals surface area contributed by atoms with E-state index in [1.807, 2.05) is 26.0 Å². The fourth-order valence-corrected chi connectivity index (χ4v) is 2.58. The second kappa shape index (κ2) is 7.81. The summed E-state index contributed by atoms with van der Waals surface area (Å²) in [5, 5.41) is 13.5. The molecular formula is C18H17ClN2O4. The molecular weight excluding hydrogens is 344 g/mol. The molecule has 6 nitrogen and oxygen atoms in total. The van der Waals surface area contributed by atoms with E-state index in [1.165, 1.54) is 24.3 Å². The van der Waals surface area contributed by atoms with Crippen LogP contribution in [0.3, 0.4) is 0 Å². The van der Waals surface area contributed by atoms with Gasteiger partial charge in [0, 0.05) is 17.8 Å². The molecule has 0 radical (unpaired) electrons. The molecule has 0 saturated heterocycles. The molecule has 0 saturated carbocycles. The Balaban J connectivity index is 2.17. The van der Waals surface area contributed by atoms with Crippen LogP contribution >= 0.6 is 11.6 Å². The Morgan fingerprint density at radius 1 is 1.24 bits per heavy atom. The highest BCUT2D eigenvalue weighted by Gasteiger charge is 2.13. The van der Waals surface area contributed by atoms with Crippen LogP contribution in [0.25, 0.3) is 6.08 Å². The van der Waals surface area contributed by atoms with Crippen LogP contribution in [0.2, 0.25) is 5.02 Å². The summed E-state index contributed by atoms with van der Waals surface area (Å²) in [4.78, 5) is 22.4. The number of halogens is 1. The zero-order valence-corrected chi connectivity index (χ0v) is 14.8. The maximum atomic E-state index is 12.1. The number of aryl methyl sites for hydroxylation is 2. The SMILES string of the molecule is COc1cc(C)c(/C=C/C(=O)Nc2ccc(Cl)c([N+](=O)[O-])c2)c(C)c1. The van der Waals surface area contributed by atoms with E-state index >= 15 is 0 Å². The van der Waals surface area contributed by atoms with Gasteiger partial charge in [-0.25, -0.2) is 0 Å². The minimum absolute atomic E-state index is 0.0167. The number of hydrogen-bond donors (Lipinski definition) is 1. The Morgan fingerprint density at radius 2 is 1.88 bits per heavy atom. The summed E-state index contributed by atoms with van der Waals surface area (Å²) in [6.07, 6.45) is 3.08. The zero-order chi connectivity index (χ0) is 18.6. The molecule has 2 aromatic rings. The molecule has 25 heavy (non-hydrogen) atoms. The molecule has 0 aliphatic heterocycles. The molecule has 7 heteroatoms. The molecule has 2 aromatic carbocycles. The summed E-state index contributed by atoms with van der Waals surface area (Å²) in [6.45, 7) is 3.85. The highest BCUT2D eigenvalue weighted by atomic mass is 35.5. The van der Waals surface area contributed by atoms with Crippen molar-refractivity contribution in [1.29, 1.82) is 0 Å². The second-order valence-corrected chi connectivity index (χ2v) is 5.83. The molecule has 1 amide bonds. The van der Waals surface area contributed by atoms with Crippen molar-refractivity contribution < 1.29 is 14.5 Å². The summed E-state index contributed by atoms with van der Waals surface area (Å²) in [6, 6.07) is 7.86. The molecule has 130 valence electrons. The lowest BCUT2D eigenvalue weighted by atomic mass is 10.0. The number of nitrogens with one attached hydrogen (secondary N) is 1. The summed E-state index contributed by atoms with van der Waals surface area (Å²) in [5.74, 6) is 0.358. The van der Waals surface area contributed by atoms with Gasteiger partial charge in [0.25, 0.3) is 5.69 Å². The van der Waals surface area contributed by atoms with Crippen LogP contribution in [0.5, 0.6) is 5.75 Å². The van der Waals surface area contributed by atoms with Gasteiger partial charge in [-0.15, -0.1) is 0 Å². The third-order valence-electron chi connectivity index (χ3n) is 3.61. The average molecular weight is 361 g/mol. The molecule has 0 bridgehead atoms. The lowest BCUT2D eigenvalue weighted by Crippen LogP contribution is -2.08. The molecule has 0 aromatic heterocycles. The lowest BCUT2D eigenvalue weighted by molar-refractivity contribution is -0.384. The van der Waals surface area contributed by atoms with Crippen molar-refractivity contribution in [1.82, 2.24) is 0 Å². The van der Waals surface area contributed by atoms with Gasteiger partial charge in [0.1, 0.15) is 10.8 Å². The van der Waals surface area contributed by atoms with Gasteiger partial charge >= 0.3 is 0 Å². The Labute approximate surface area is 150 Å². The first kappa shape index (κ1) is 18.5. The molecule has 1 N–H and O–H groups in total. The monoisotopic (exact) mass is 360 g/mol. The van der Waals surface area contributed by atoms with Crippen LogP contribution in [-0.2, 0) is 4.79 Å². The first-order valence-corrected chi connectivity index (χ1v) is 7.78. The predicted molar refractivity (Wildman–Crippen MR) is 98.2 cm³/mol. The van der Waals surface area contributed by atoms with Gasteiger partial charge in [-0.2, -0.15) is 0 Å². The largest absolute Gasteiger partial charge is 0.497 e. The number of nitro groups is 1. The zero-order valence-electron chi connectivity index (χ0n) is 14.0. The van der Waals surface area contributed by atoms with Crippen LogP contribution < -0.4 is 10.1 Å². The fraction of sp³-hybridized carbons (Fsp3) is 0.167. The molecule has 2 rings (SSSR count). The first-order valence-electron chi connectivity index (χ1n) is 7.40. The number of amides is 1. The highest BCUT2D eigenvalue weighted by Crippen LogP contribution is 2.27. The third kappa shape index (κ3) is 4.58. The van der Waals surface area contributed by atoms with Crippen molar-refractivity contribution >= 4 is 35.0 Å². The van der Waals surface area contributed by atoms with Gasteiger partial charge < -0.3 is 10.1 Å². The fourth-order valence-electron chi connectivity index (χ4n) is 2.39. The second-order valence-electron chi connectivity index (χ2n) is 5.42. The number of benzene rings is 2. The standard InChI is InChI=1S/C18H17ClN2O4/c1-11-8-14(25-3)9-12(2)15(11)5-7-18(22)20-13-4-6-16(19)17(10-13)21(23)24/h4-10H,1-3H3,(H,20,22)/b7-5+. The summed E-state index contributed by atoms with van der Waals surface area (Å²) >= 11 is 5.75. The Kier molecular flexibility index (Phi) is 5.77. The van der Waals surface area contributed by atoms with E-state index in [2.05, 4.69) is 5.32 Å². The van der Waals surface area contributed by atoms with E-state index in [0.717, 1.165) is 22.4 Å². The molecule has 0 unspecified atom stereocenters.